The third kappa shape index (κ3) is 2.65. The maximum atomic E-state index is 12.5. The van der Waals surface area contributed by atoms with Gasteiger partial charge in [0.25, 0.3) is 0 Å². The maximum Gasteiger partial charge on any atom is 0.177 e. The van der Waals surface area contributed by atoms with E-state index in [1.165, 1.54) is 0 Å². The van der Waals surface area contributed by atoms with Crippen molar-refractivity contribution >= 4 is 9.84 Å². The Balaban J connectivity index is 2.37. The van der Waals surface area contributed by atoms with Crippen molar-refractivity contribution < 1.29 is 8.42 Å². The van der Waals surface area contributed by atoms with Gasteiger partial charge in [-0.15, -0.1) is 0 Å². The molecule has 0 saturated heterocycles. The van der Waals surface area contributed by atoms with Crippen molar-refractivity contribution in [1.29, 1.82) is 0 Å². The molecule has 0 radical (unpaired) electrons. The normalized spacial score (nSPS) is 31.5. The summed E-state index contributed by atoms with van der Waals surface area (Å²) in [5.74, 6) is 0.524. The molecule has 3 unspecified atom stereocenters. The Hall–Kier alpha value is -0.610. The van der Waals surface area contributed by atoms with Crippen molar-refractivity contribution in [3.8, 4) is 0 Å². The van der Waals surface area contributed by atoms with Gasteiger partial charge in [-0.05, 0) is 53.1 Å². The van der Waals surface area contributed by atoms with Crippen molar-refractivity contribution in [2.75, 3.05) is 14.1 Å². The van der Waals surface area contributed by atoms with Gasteiger partial charge in [0.05, 0.1) is 5.25 Å². The second kappa shape index (κ2) is 5.41. The molecule has 0 amide bonds. The van der Waals surface area contributed by atoms with E-state index in [0.29, 0.717) is 16.9 Å². The van der Waals surface area contributed by atoms with Gasteiger partial charge < -0.3 is 4.90 Å². The second-order valence-electron chi connectivity index (χ2n) is 6.16. The molecule has 0 bridgehead atoms. The number of nitrogens with zero attached hydrogens (tertiary/aromatic N) is 1. The quantitative estimate of drug-likeness (QED) is 0.747. The molecule has 4 heteroatoms. The number of sulfone groups is 1. The highest BCUT2D eigenvalue weighted by Crippen LogP contribution is 2.42. The van der Waals surface area contributed by atoms with Crippen LogP contribution in [-0.4, -0.2) is 38.7 Å². The minimum atomic E-state index is -3.13. The van der Waals surface area contributed by atoms with E-state index in [2.05, 4.69) is 31.1 Å². The fourth-order valence-corrected chi connectivity index (χ4v) is 4.85. The largest absolute Gasteiger partial charge is 0.306 e. The van der Waals surface area contributed by atoms with Crippen LogP contribution in [0.1, 0.15) is 33.1 Å². The van der Waals surface area contributed by atoms with Gasteiger partial charge in [-0.1, -0.05) is 18.2 Å². The maximum absolute atomic E-state index is 12.5. The van der Waals surface area contributed by atoms with E-state index in [4.69, 9.17) is 0 Å². The van der Waals surface area contributed by atoms with Crippen LogP contribution in [0.2, 0.25) is 0 Å². The zero-order chi connectivity index (χ0) is 14.2. The van der Waals surface area contributed by atoms with Gasteiger partial charge in [-0.2, -0.15) is 0 Å². The summed E-state index contributed by atoms with van der Waals surface area (Å²) < 4.78 is 25.0. The Bertz CT molecular complexity index is 488. The van der Waals surface area contributed by atoms with E-state index >= 15 is 0 Å². The Morgan fingerprint density at radius 1 is 1.32 bits per heavy atom. The standard InChI is InChI=1S/C15H25NO2S/c1-11(2)19(17,18)15-10-6-7-12-13(15)8-5-9-14(12)16(3)4/h5,8,10-14H,6-7,9H2,1-4H3. The van der Waals surface area contributed by atoms with Crippen LogP contribution in [0.25, 0.3) is 0 Å². The zero-order valence-corrected chi connectivity index (χ0v) is 13.2. The van der Waals surface area contributed by atoms with Crippen LogP contribution in [0.5, 0.6) is 0 Å². The van der Waals surface area contributed by atoms with E-state index in [9.17, 15) is 8.42 Å². The first-order valence-corrected chi connectivity index (χ1v) is 8.67. The Morgan fingerprint density at radius 3 is 2.58 bits per heavy atom. The summed E-state index contributed by atoms with van der Waals surface area (Å²) >= 11 is 0. The third-order valence-corrected chi connectivity index (χ3v) is 6.80. The van der Waals surface area contributed by atoms with Gasteiger partial charge >= 0.3 is 0 Å². The van der Waals surface area contributed by atoms with E-state index < -0.39 is 9.84 Å². The highest BCUT2D eigenvalue weighted by atomic mass is 32.2. The fourth-order valence-electron chi connectivity index (χ4n) is 3.33. The molecule has 2 rings (SSSR count). The lowest BCUT2D eigenvalue weighted by Crippen LogP contribution is -2.43. The number of rotatable bonds is 3. The van der Waals surface area contributed by atoms with Gasteiger partial charge in [-0.25, -0.2) is 8.42 Å². The predicted molar refractivity (Wildman–Crippen MR) is 79.6 cm³/mol. The topological polar surface area (TPSA) is 37.4 Å². The fraction of sp³-hybridized carbons (Fsp3) is 0.733. The first kappa shape index (κ1) is 14.8. The van der Waals surface area contributed by atoms with Gasteiger partial charge in [0.15, 0.2) is 9.84 Å². The highest BCUT2D eigenvalue weighted by Gasteiger charge is 2.40. The smallest absolute Gasteiger partial charge is 0.177 e. The molecule has 0 aliphatic heterocycles. The summed E-state index contributed by atoms with van der Waals surface area (Å²) in [6, 6.07) is 0.459. The molecular formula is C15H25NO2S. The molecule has 0 heterocycles. The highest BCUT2D eigenvalue weighted by molar-refractivity contribution is 7.95. The van der Waals surface area contributed by atoms with Gasteiger partial charge in [0, 0.05) is 16.9 Å². The van der Waals surface area contributed by atoms with E-state index in [1.54, 1.807) is 13.8 Å². The van der Waals surface area contributed by atoms with Gasteiger partial charge in [-0.3, -0.25) is 0 Å². The molecule has 0 N–H and O–H groups in total. The number of hydrogen-bond donors (Lipinski definition) is 0. The summed E-state index contributed by atoms with van der Waals surface area (Å²) in [5.41, 5.74) is 0. The first-order valence-electron chi connectivity index (χ1n) is 7.12. The second-order valence-corrected chi connectivity index (χ2v) is 8.67. The first-order chi connectivity index (χ1) is 8.85. The summed E-state index contributed by atoms with van der Waals surface area (Å²) in [7, 11) is 1.06. The van der Waals surface area contributed by atoms with Crippen LogP contribution in [0.4, 0.5) is 0 Å². The summed E-state index contributed by atoms with van der Waals surface area (Å²) in [5, 5.41) is -0.328. The van der Waals surface area contributed by atoms with Crippen molar-refractivity contribution in [3.05, 3.63) is 23.1 Å². The molecule has 0 aromatic carbocycles. The summed E-state index contributed by atoms with van der Waals surface area (Å²) in [4.78, 5) is 2.91. The molecule has 2 aliphatic carbocycles. The monoisotopic (exact) mass is 283 g/mol. The van der Waals surface area contributed by atoms with Gasteiger partial charge in [0.1, 0.15) is 0 Å². The lowest BCUT2D eigenvalue weighted by Gasteiger charge is -2.41. The van der Waals surface area contributed by atoms with Crippen LogP contribution in [-0.2, 0) is 9.84 Å². The molecule has 0 fully saturated rings. The van der Waals surface area contributed by atoms with E-state index in [0.717, 1.165) is 19.3 Å². The van der Waals surface area contributed by atoms with Crippen LogP contribution < -0.4 is 0 Å². The average molecular weight is 283 g/mol. The Kier molecular flexibility index (Phi) is 4.21. The summed E-state index contributed by atoms with van der Waals surface area (Å²) in [6.45, 7) is 3.55. The molecule has 2 aliphatic rings. The molecule has 0 saturated carbocycles. The van der Waals surface area contributed by atoms with Crippen LogP contribution in [0.3, 0.4) is 0 Å². The molecule has 0 spiro atoms. The Morgan fingerprint density at radius 2 is 2.00 bits per heavy atom. The van der Waals surface area contributed by atoms with Crippen LogP contribution >= 0.6 is 0 Å². The van der Waals surface area contributed by atoms with Crippen molar-refractivity contribution in [3.63, 3.8) is 0 Å². The molecule has 3 atom stereocenters. The zero-order valence-electron chi connectivity index (χ0n) is 12.3. The number of fused-ring (bicyclic) bond motifs is 1. The lowest BCUT2D eigenvalue weighted by molar-refractivity contribution is 0.166. The molecule has 19 heavy (non-hydrogen) atoms. The minimum Gasteiger partial charge on any atom is -0.306 e. The number of allylic oxidation sites excluding steroid dienone is 3. The molecule has 0 aromatic heterocycles. The SMILES string of the molecule is CC(C)S(=O)(=O)C1=CCCC2C1C=CCC2N(C)C. The van der Waals surface area contributed by atoms with E-state index in [-0.39, 0.29) is 11.2 Å². The van der Waals surface area contributed by atoms with Crippen molar-refractivity contribution in [1.82, 2.24) is 4.90 Å². The molecular weight excluding hydrogens is 258 g/mol. The van der Waals surface area contributed by atoms with Crippen LogP contribution in [0, 0.1) is 11.8 Å². The predicted octanol–water partition coefficient (Wildman–Crippen LogP) is 2.61. The van der Waals surface area contributed by atoms with Gasteiger partial charge in [0.2, 0.25) is 0 Å². The van der Waals surface area contributed by atoms with Crippen molar-refractivity contribution in [2.24, 2.45) is 11.8 Å². The number of hydrogen-bond acceptors (Lipinski definition) is 3. The summed E-state index contributed by atoms with van der Waals surface area (Å²) in [6.07, 6.45) is 9.24. The molecule has 3 nitrogen and oxygen atoms in total. The van der Waals surface area contributed by atoms with Crippen molar-refractivity contribution in [2.45, 2.75) is 44.4 Å². The third-order valence-electron chi connectivity index (χ3n) is 4.46. The van der Waals surface area contributed by atoms with Crippen LogP contribution in [0.15, 0.2) is 23.1 Å². The minimum absolute atomic E-state index is 0.0855. The Labute approximate surface area is 117 Å². The van der Waals surface area contributed by atoms with E-state index in [1.807, 2.05) is 6.08 Å². The lowest BCUT2D eigenvalue weighted by atomic mass is 9.74. The average Bonchev–Trinajstić information content (AvgIpc) is 2.36. The molecule has 0 aromatic rings. The molecule has 108 valence electrons.